The van der Waals surface area contributed by atoms with E-state index in [4.69, 9.17) is 5.73 Å². The summed E-state index contributed by atoms with van der Waals surface area (Å²) < 4.78 is 37.0. The fourth-order valence-corrected chi connectivity index (χ4v) is 0.918. The van der Waals surface area contributed by atoms with Gasteiger partial charge in [-0.05, 0) is 19.9 Å². The SMILES string of the molecule is CC(C)(Nc1nccc(C(F)(F)F)n1)C(N)=O. The summed E-state index contributed by atoms with van der Waals surface area (Å²) in [7, 11) is 0. The summed E-state index contributed by atoms with van der Waals surface area (Å²) in [5, 5.41) is 2.43. The van der Waals surface area contributed by atoms with Crippen molar-refractivity contribution in [3.8, 4) is 0 Å². The number of anilines is 1. The van der Waals surface area contributed by atoms with Crippen molar-refractivity contribution in [2.75, 3.05) is 5.32 Å². The Hall–Kier alpha value is -1.86. The second-order valence-corrected chi connectivity index (χ2v) is 3.88. The molecule has 1 aromatic heterocycles. The molecule has 0 spiro atoms. The van der Waals surface area contributed by atoms with Crippen LogP contribution in [0.2, 0.25) is 0 Å². The molecule has 8 heteroatoms. The van der Waals surface area contributed by atoms with Crippen LogP contribution < -0.4 is 11.1 Å². The van der Waals surface area contributed by atoms with Crippen LogP contribution >= 0.6 is 0 Å². The zero-order valence-electron chi connectivity index (χ0n) is 9.17. The van der Waals surface area contributed by atoms with Crippen molar-refractivity contribution in [2.24, 2.45) is 5.73 Å². The number of alkyl halides is 3. The number of nitrogens with two attached hydrogens (primary N) is 1. The number of rotatable bonds is 3. The third-order valence-corrected chi connectivity index (χ3v) is 1.99. The lowest BCUT2D eigenvalue weighted by Crippen LogP contribution is -2.45. The monoisotopic (exact) mass is 248 g/mol. The van der Waals surface area contributed by atoms with Gasteiger partial charge in [0.2, 0.25) is 11.9 Å². The van der Waals surface area contributed by atoms with Gasteiger partial charge in [0.1, 0.15) is 11.2 Å². The molecule has 1 heterocycles. The highest BCUT2D eigenvalue weighted by Crippen LogP contribution is 2.27. The lowest BCUT2D eigenvalue weighted by Gasteiger charge is -2.22. The smallest absolute Gasteiger partial charge is 0.368 e. The first kappa shape index (κ1) is 13.2. The predicted molar refractivity (Wildman–Crippen MR) is 53.9 cm³/mol. The molecule has 94 valence electrons. The minimum absolute atomic E-state index is 0.302. The van der Waals surface area contributed by atoms with Crippen LogP contribution in [0.4, 0.5) is 19.1 Å². The lowest BCUT2D eigenvalue weighted by atomic mass is 10.1. The van der Waals surface area contributed by atoms with E-state index in [1.54, 1.807) is 0 Å². The molecule has 0 saturated heterocycles. The molecular weight excluding hydrogens is 237 g/mol. The molecule has 0 fully saturated rings. The first-order valence-electron chi connectivity index (χ1n) is 4.61. The van der Waals surface area contributed by atoms with Gasteiger partial charge in [-0.25, -0.2) is 9.97 Å². The van der Waals surface area contributed by atoms with Crippen molar-refractivity contribution < 1.29 is 18.0 Å². The maximum atomic E-state index is 12.3. The first-order chi connectivity index (χ1) is 7.63. The molecule has 17 heavy (non-hydrogen) atoms. The maximum Gasteiger partial charge on any atom is 0.433 e. The molecule has 0 bridgehead atoms. The van der Waals surface area contributed by atoms with E-state index in [0.717, 1.165) is 12.3 Å². The molecule has 0 aromatic carbocycles. The standard InChI is InChI=1S/C9H11F3N4O/c1-8(2,6(13)17)16-7-14-4-3-5(15-7)9(10,11)12/h3-4H,1-2H3,(H2,13,17)(H,14,15,16). The van der Waals surface area contributed by atoms with E-state index in [2.05, 4.69) is 15.3 Å². The summed E-state index contributed by atoms with van der Waals surface area (Å²) in [5.74, 6) is -1.03. The van der Waals surface area contributed by atoms with Gasteiger partial charge in [0.25, 0.3) is 0 Å². The molecule has 1 rings (SSSR count). The van der Waals surface area contributed by atoms with Crippen LogP contribution in [0.15, 0.2) is 12.3 Å². The number of carbonyl (C=O) groups excluding carboxylic acids is 1. The van der Waals surface area contributed by atoms with Crippen LogP contribution in [0.1, 0.15) is 19.5 Å². The van der Waals surface area contributed by atoms with E-state index >= 15 is 0 Å². The molecule has 0 radical (unpaired) electrons. The molecule has 1 amide bonds. The summed E-state index contributed by atoms with van der Waals surface area (Å²) in [5.41, 5.74) is 2.74. The van der Waals surface area contributed by atoms with E-state index in [9.17, 15) is 18.0 Å². The molecular formula is C9H11F3N4O. The second-order valence-electron chi connectivity index (χ2n) is 3.88. The Morgan fingerprint density at radius 3 is 2.47 bits per heavy atom. The van der Waals surface area contributed by atoms with Crippen molar-refractivity contribution in [1.29, 1.82) is 0 Å². The molecule has 0 atom stereocenters. The number of halogens is 3. The first-order valence-corrected chi connectivity index (χ1v) is 4.61. The van der Waals surface area contributed by atoms with Crippen molar-refractivity contribution in [1.82, 2.24) is 9.97 Å². The summed E-state index contributed by atoms with van der Waals surface area (Å²) in [6.07, 6.45) is -3.61. The molecule has 5 nitrogen and oxygen atoms in total. The normalized spacial score (nSPS) is 12.3. The predicted octanol–water partition coefficient (Wildman–Crippen LogP) is 1.17. The largest absolute Gasteiger partial charge is 0.433 e. The third-order valence-electron chi connectivity index (χ3n) is 1.99. The Bertz CT molecular complexity index is 430. The molecule has 1 aromatic rings. The van der Waals surface area contributed by atoms with Crippen molar-refractivity contribution >= 4 is 11.9 Å². The van der Waals surface area contributed by atoms with Gasteiger partial charge in [-0.1, -0.05) is 0 Å². The summed E-state index contributed by atoms with van der Waals surface area (Å²) in [6.45, 7) is 2.83. The van der Waals surface area contributed by atoms with Gasteiger partial charge in [0.15, 0.2) is 0 Å². The fraction of sp³-hybridized carbons (Fsp3) is 0.444. The zero-order valence-corrected chi connectivity index (χ0v) is 9.17. The number of primary amides is 1. The number of hydrogen-bond donors (Lipinski definition) is 2. The number of hydrogen-bond acceptors (Lipinski definition) is 4. The van der Waals surface area contributed by atoms with Gasteiger partial charge >= 0.3 is 6.18 Å². The van der Waals surface area contributed by atoms with Gasteiger partial charge in [-0.2, -0.15) is 13.2 Å². The van der Waals surface area contributed by atoms with Crippen molar-refractivity contribution in [2.45, 2.75) is 25.6 Å². The molecule has 0 aliphatic heterocycles. The molecule has 3 N–H and O–H groups in total. The van der Waals surface area contributed by atoms with Crippen LogP contribution in [0.5, 0.6) is 0 Å². The van der Waals surface area contributed by atoms with Crippen LogP contribution in [0.3, 0.4) is 0 Å². The van der Waals surface area contributed by atoms with Gasteiger partial charge in [0.05, 0.1) is 0 Å². The quantitative estimate of drug-likeness (QED) is 0.841. The van der Waals surface area contributed by atoms with Crippen molar-refractivity contribution in [3.05, 3.63) is 18.0 Å². The summed E-state index contributed by atoms with van der Waals surface area (Å²) >= 11 is 0. The Balaban J connectivity index is 2.98. The lowest BCUT2D eigenvalue weighted by molar-refractivity contribution is -0.141. The maximum absolute atomic E-state index is 12.3. The van der Waals surface area contributed by atoms with Gasteiger partial charge in [-0.15, -0.1) is 0 Å². The minimum atomic E-state index is -4.56. The van der Waals surface area contributed by atoms with Gasteiger partial charge < -0.3 is 11.1 Å². The second kappa shape index (κ2) is 4.19. The molecule has 0 unspecified atom stereocenters. The Kier molecular flexibility index (Phi) is 3.25. The summed E-state index contributed by atoms with van der Waals surface area (Å²) in [4.78, 5) is 17.8. The highest BCUT2D eigenvalue weighted by atomic mass is 19.4. The number of amides is 1. The van der Waals surface area contributed by atoms with E-state index in [1.165, 1.54) is 13.8 Å². The Labute approximate surface area is 95.2 Å². The summed E-state index contributed by atoms with van der Waals surface area (Å²) in [6, 6.07) is 0.739. The topological polar surface area (TPSA) is 80.9 Å². The molecule has 0 aliphatic rings. The van der Waals surface area contributed by atoms with E-state index in [0.29, 0.717) is 0 Å². The highest BCUT2D eigenvalue weighted by molar-refractivity contribution is 5.86. The number of nitrogens with one attached hydrogen (secondary N) is 1. The third kappa shape index (κ3) is 3.30. The van der Waals surface area contributed by atoms with Gasteiger partial charge in [0, 0.05) is 6.20 Å². The van der Waals surface area contributed by atoms with Crippen LogP contribution in [-0.2, 0) is 11.0 Å². The average molecular weight is 248 g/mol. The van der Waals surface area contributed by atoms with E-state index in [-0.39, 0.29) is 5.95 Å². The Morgan fingerprint density at radius 2 is 2.00 bits per heavy atom. The van der Waals surface area contributed by atoms with Crippen LogP contribution in [0, 0.1) is 0 Å². The average Bonchev–Trinajstić information content (AvgIpc) is 2.15. The van der Waals surface area contributed by atoms with Crippen molar-refractivity contribution in [3.63, 3.8) is 0 Å². The van der Waals surface area contributed by atoms with E-state index < -0.39 is 23.3 Å². The van der Waals surface area contributed by atoms with E-state index in [1.807, 2.05) is 0 Å². The van der Waals surface area contributed by atoms with Crippen LogP contribution in [-0.4, -0.2) is 21.4 Å². The highest BCUT2D eigenvalue weighted by Gasteiger charge is 2.33. The zero-order chi connectivity index (χ0) is 13.3. The van der Waals surface area contributed by atoms with Crippen LogP contribution in [0.25, 0.3) is 0 Å². The number of nitrogens with zero attached hydrogens (tertiary/aromatic N) is 2. The van der Waals surface area contributed by atoms with Gasteiger partial charge in [-0.3, -0.25) is 4.79 Å². The Morgan fingerprint density at radius 1 is 1.41 bits per heavy atom. The number of aromatic nitrogens is 2. The fourth-order valence-electron chi connectivity index (χ4n) is 0.918. The minimum Gasteiger partial charge on any atom is -0.368 e. The number of carbonyl (C=O) groups is 1. The molecule has 0 aliphatic carbocycles. The molecule has 0 saturated carbocycles.